The van der Waals surface area contributed by atoms with E-state index in [2.05, 4.69) is 5.32 Å². The SMILES string of the molecule is Cc1cc(C)c(NC(=O)/C(C#N)=C/c2ccc(-c3cccc(Cl)c3Cl)o2)c(C)c1. The van der Waals surface area contributed by atoms with E-state index in [1.807, 2.05) is 39.0 Å². The summed E-state index contributed by atoms with van der Waals surface area (Å²) in [5, 5.41) is 13.1. The summed E-state index contributed by atoms with van der Waals surface area (Å²) in [7, 11) is 0. The van der Waals surface area contributed by atoms with Crippen LogP contribution in [0, 0.1) is 32.1 Å². The second kappa shape index (κ2) is 8.57. The van der Waals surface area contributed by atoms with Crippen LogP contribution in [-0.2, 0) is 4.79 Å². The summed E-state index contributed by atoms with van der Waals surface area (Å²) in [6, 6.07) is 14.5. The molecule has 0 aliphatic heterocycles. The average Bonchev–Trinajstić information content (AvgIpc) is 3.13. The first-order valence-corrected chi connectivity index (χ1v) is 9.61. The first-order chi connectivity index (χ1) is 13.8. The van der Waals surface area contributed by atoms with E-state index in [4.69, 9.17) is 27.6 Å². The maximum Gasteiger partial charge on any atom is 0.266 e. The first-order valence-electron chi connectivity index (χ1n) is 8.85. The maximum absolute atomic E-state index is 12.6. The van der Waals surface area contributed by atoms with Crippen LogP contribution >= 0.6 is 23.2 Å². The number of nitriles is 1. The molecular weight excluding hydrogens is 407 g/mol. The van der Waals surface area contributed by atoms with E-state index in [0.29, 0.717) is 32.8 Å². The summed E-state index contributed by atoms with van der Waals surface area (Å²) in [5.74, 6) is 0.355. The highest BCUT2D eigenvalue weighted by Gasteiger charge is 2.15. The van der Waals surface area contributed by atoms with E-state index in [9.17, 15) is 10.1 Å². The molecule has 1 amide bonds. The molecule has 3 rings (SSSR count). The van der Waals surface area contributed by atoms with Crippen molar-refractivity contribution in [1.29, 1.82) is 5.26 Å². The summed E-state index contributed by atoms with van der Waals surface area (Å²) in [6.45, 7) is 5.82. The van der Waals surface area contributed by atoms with Crippen LogP contribution in [0.25, 0.3) is 17.4 Å². The molecule has 6 heteroatoms. The molecule has 1 aromatic heterocycles. The van der Waals surface area contributed by atoms with E-state index >= 15 is 0 Å². The highest BCUT2D eigenvalue weighted by Crippen LogP contribution is 2.34. The predicted molar refractivity (Wildman–Crippen MR) is 117 cm³/mol. The van der Waals surface area contributed by atoms with Crippen LogP contribution in [-0.4, -0.2) is 5.91 Å². The van der Waals surface area contributed by atoms with Gasteiger partial charge in [-0.1, -0.05) is 47.0 Å². The van der Waals surface area contributed by atoms with Gasteiger partial charge < -0.3 is 9.73 Å². The molecule has 0 radical (unpaired) electrons. The molecule has 1 N–H and O–H groups in total. The summed E-state index contributed by atoms with van der Waals surface area (Å²) >= 11 is 12.3. The minimum Gasteiger partial charge on any atom is -0.457 e. The Labute approximate surface area is 179 Å². The Balaban J connectivity index is 1.88. The Morgan fingerprint density at radius 2 is 1.79 bits per heavy atom. The van der Waals surface area contributed by atoms with Crippen LogP contribution in [0.1, 0.15) is 22.5 Å². The lowest BCUT2D eigenvalue weighted by atomic mass is 10.0. The molecule has 0 saturated heterocycles. The van der Waals surface area contributed by atoms with Crippen molar-refractivity contribution in [2.45, 2.75) is 20.8 Å². The number of rotatable bonds is 4. The summed E-state index contributed by atoms with van der Waals surface area (Å²) in [6.07, 6.45) is 1.40. The molecule has 29 heavy (non-hydrogen) atoms. The minimum atomic E-state index is -0.499. The minimum absolute atomic E-state index is 0.0672. The van der Waals surface area contributed by atoms with E-state index in [1.165, 1.54) is 6.08 Å². The third-order valence-electron chi connectivity index (χ3n) is 4.41. The average molecular weight is 425 g/mol. The van der Waals surface area contributed by atoms with Gasteiger partial charge in [0.2, 0.25) is 0 Å². The van der Waals surface area contributed by atoms with Crippen molar-refractivity contribution in [2.24, 2.45) is 0 Å². The third-order valence-corrected chi connectivity index (χ3v) is 5.23. The number of carbonyl (C=O) groups excluding carboxylic acids is 1. The molecule has 4 nitrogen and oxygen atoms in total. The van der Waals surface area contributed by atoms with Crippen LogP contribution in [0.15, 0.2) is 52.5 Å². The van der Waals surface area contributed by atoms with Crippen molar-refractivity contribution in [3.63, 3.8) is 0 Å². The molecule has 0 aliphatic carbocycles. The number of amides is 1. The van der Waals surface area contributed by atoms with Gasteiger partial charge in [-0.3, -0.25) is 4.79 Å². The quantitative estimate of drug-likeness (QED) is 0.373. The topological polar surface area (TPSA) is 66.0 Å². The van der Waals surface area contributed by atoms with Gasteiger partial charge in [-0.15, -0.1) is 0 Å². The number of halogens is 2. The molecule has 146 valence electrons. The van der Waals surface area contributed by atoms with Crippen molar-refractivity contribution in [2.75, 3.05) is 5.32 Å². The van der Waals surface area contributed by atoms with Crippen LogP contribution in [0.4, 0.5) is 5.69 Å². The van der Waals surface area contributed by atoms with E-state index in [1.54, 1.807) is 30.3 Å². The highest BCUT2D eigenvalue weighted by molar-refractivity contribution is 6.43. The predicted octanol–water partition coefficient (Wildman–Crippen LogP) is 6.72. The number of hydrogen-bond acceptors (Lipinski definition) is 3. The van der Waals surface area contributed by atoms with Crippen LogP contribution in [0.2, 0.25) is 10.0 Å². The molecular formula is C23H18Cl2N2O2. The zero-order valence-electron chi connectivity index (χ0n) is 16.1. The maximum atomic E-state index is 12.6. The molecule has 0 unspecified atom stereocenters. The fraction of sp³-hybridized carbons (Fsp3) is 0.130. The normalized spacial score (nSPS) is 11.2. The number of carbonyl (C=O) groups is 1. The number of hydrogen-bond donors (Lipinski definition) is 1. The van der Waals surface area contributed by atoms with Gasteiger partial charge in [0.25, 0.3) is 5.91 Å². The number of anilines is 1. The molecule has 0 spiro atoms. The third kappa shape index (κ3) is 4.54. The molecule has 0 saturated carbocycles. The zero-order valence-corrected chi connectivity index (χ0v) is 17.7. The molecule has 3 aromatic rings. The van der Waals surface area contributed by atoms with Crippen molar-refractivity contribution in [1.82, 2.24) is 0 Å². The molecule has 2 aromatic carbocycles. The molecule has 0 aliphatic rings. The summed E-state index contributed by atoms with van der Waals surface area (Å²) in [4.78, 5) is 12.6. The Kier molecular flexibility index (Phi) is 6.12. The Morgan fingerprint density at radius 1 is 1.10 bits per heavy atom. The number of nitrogens with zero attached hydrogens (tertiary/aromatic N) is 1. The van der Waals surface area contributed by atoms with Crippen molar-refractivity contribution < 1.29 is 9.21 Å². The summed E-state index contributed by atoms with van der Waals surface area (Å²) in [5.41, 5.74) is 4.24. The fourth-order valence-corrected chi connectivity index (χ4v) is 3.51. The van der Waals surface area contributed by atoms with Gasteiger partial charge in [0, 0.05) is 17.3 Å². The van der Waals surface area contributed by atoms with Gasteiger partial charge in [0.1, 0.15) is 23.2 Å². The first kappa shape index (κ1) is 20.7. The fourth-order valence-electron chi connectivity index (χ4n) is 3.12. The van der Waals surface area contributed by atoms with Gasteiger partial charge in [0.05, 0.1) is 10.0 Å². The van der Waals surface area contributed by atoms with Crippen LogP contribution < -0.4 is 5.32 Å². The highest BCUT2D eigenvalue weighted by atomic mass is 35.5. The number of furan rings is 1. The van der Waals surface area contributed by atoms with E-state index in [-0.39, 0.29) is 5.57 Å². The molecule has 0 bridgehead atoms. The van der Waals surface area contributed by atoms with E-state index in [0.717, 1.165) is 16.7 Å². The van der Waals surface area contributed by atoms with Crippen molar-refractivity contribution in [3.8, 4) is 17.4 Å². The zero-order chi connectivity index (χ0) is 21.1. The Bertz CT molecular complexity index is 1150. The largest absolute Gasteiger partial charge is 0.457 e. The van der Waals surface area contributed by atoms with Gasteiger partial charge in [-0.05, 0) is 56.2 Å². The molecule has 0 atom stereocenters. The van der Waals surface area contributed by atoms with Gasteiger partial charge in [-0.25, -0.2) is 0 Å². The van der Waals surface area contributed by atoms with Gasteiger partial charge >= 0.3 is 0 Å². The lowest BCUT2D eigenvalue weighted by Gasteiger charge is -2.12. The second-order valence-corrected chi connectivity index (χ2v) is 7.49. The summed E-state index contributed by atoms with van der Waals surface area (Å²) < 4.78 is 5.75. The lowest BCUT2D eigenvalue weighted by molar-refractivity contribution is -0.112. The number of aryl methyl sites for hydroxylation is 3. The smallest absolute Gasteiger partial charge is 0.266 e. The molecule has 0 fully saturated rings. The van der Waals surface area contributed by atoms with Gasteiger partial charge in [-0.2, -0.15) is 5.26 Å². The van der Waals surface area contributed by atoms with Crippen LogP contribution in [0.3, 0.4) is 0 Å². The Morgan fingerprint density at radius 3 is 2.45 bits per heavy atom. The second-order valence-electron chi connectivity index (χ2n) is 6.70. The lowest BCUT2D eigenvalue weighted by Crippen LogP contribution is -2.15. The van der Waals surface area contributed by atoms with Gasteiger partial charge in [0.15, 0.2) is 0 Å². The standard InChI is InChI=1S/C23H18Cl2N2O2/c1-13-9-14(2)22(15(3)10-13)27-23(28)16(12-26)11-17-7-8-20(29-17)18-5-4-6-19(24)21(18)25/h4-11H,1-3H3,(H,27,28)/b16-11+. The Hall–Kier alpha value is -3.00. The number of nitrogens with one attached hydrogen (secondary N) is 1. The number of benzene rings is 2. The van der Waals surface area contributed by atoms with E-state index < -0.39 is 5.91 Å². The van der Waals surface area contributed by atoms with Crippen molar-refractivity contribution >= 4 is 40.9 Å². The molecule has 1 heterocycles. The van der Waals surface area contributed by atoms with Crippen LogP contribution in [0.5, 0.6) is 0 Å². The monoisotopic (exact) mass is 424 g/mol. The van der Waals surface area contributed by atoms with Crippen molar-refractivity contribution in [3.05, 3.63) is 80.5 Å².